The molecule has 1 aliphatic rings. The van der Waals surface area contributed by atoms with Crippen LogP contribution in [0, 0.1) is 18.6 Å². The molecule has 0 radical (unpaired) electrons. The lowest BCUT2D eigenvalue weighted by molar-refractivity contribution is -0.139. The van der Waals surface area contributed by atoms with Crippen LogP contribution in [0.25, 0.3) is 11.1 Å². The quantitative estimate of drug-likeness (QED) is 0.534. The zero-order chi connectivity index (χ0) is 26.3. The van der Waals surface area contributed by atoms with Crippen LogP contribution in [0.15, 0.2) is 39.9 Å². The molecule has 4 rings (SSSR count). The third-order valence-corrected chi connectivity index (χ3v) is 6.46. The maximum Gasteiger partial charge on any atom is 0.330 e. The zero-order valence-electron chi connectivity index (χ0n) is 19.7. The summed E-state index contributed by atoms with van der Waals surface area (Å²) in [6.07, 6.45) is -0.187. The highest BCUT2D eigenvalue weighted by Gasteiger charge is 2.29. The van der Waals surface area contributed by atoms with Gasteiger partial charge in [0.2, 0.25) is 0 Å². The van der Waals surface area contributed by atoms with Gasteiger partial charge in [-0.2, -0.15) is 0 Å². The second kappa shape index (κ2) is 9.50. The van der Waals surface area contributed by atoms with E-state index in [1.54, 1.807) is 26.1 Å². The van der Waals surface area contributed by atoms with E-state index in [0.717, 1.165) is 22.8 Å². The molecule has 0 unspecified atom stereocenters. The Morgan fingerprint density at radius 2 is 1.69 bits per heavy atom. The second-order valence-electron chi connectivity index (χ2n) is 8.55. The standard InChI is InChI=1S/C25H23F2N3O6/c1-12-20(23(32)30(3)25(35)29(12)2)14-8-7-13(15-10-36-11-16(14)15)9-19(24(33)34)28-22(31)21-17(26)5-4-6-18(21)27/h4-8,19H,9-11H2,1-3H3,(H,28,31)(H,33,34)/t19-/m0/s1. The fraction of sp³-hybridized carbons (Fsp3) is 0.280. The van der Waals surface area contributed by atoms with Gasteiger partial charge < -0.3 is 19.7 Å². The number of hydrogen-bond acceptors (Lipinski definition) is 5. The van der Waals surface area contributed by atoms with Gasteiger partial charge in [-0.1, -0.05) is 18.2 Å². The van der Waals surface area contributed by atoms with Gasteiger partial charge in [0.1, 0.15) is 23.2 Å². The lowest BCUT2D eigenvalue weighted by atomic mass is 9.90. The van der Waals surface area contributed by atoms with E-state index < -0.39 is 46.4 Å². The third-order valence-electron chi connectivity index (χ3n) is 6.46. The highest BCUT2D eigenvalue weighted by atomic mass is 19.1. The molecule has 0 saturated heterocycles. The summed E-state index contributed by atoms with van der Waals surface area (Å²) in [4.78, 5) is 49.6. The van der Waals surface area contributed by atoms with E-state index in [9.17, 15) is 33.1 Å². The minimum Gasteiger partial charge on any atom is -0.480 e. The van der Waals surface area contributed by atoms with Gasteiger partial charge in [0.05, 0.1) is 18.8 Å². The first-order chi connectivity index (χ1) is 17.0. The predicted molar refractivity (Wildman–Crippen MR) is 125 cm³/mol. The van der Waals surface area contributed by atoms with Crippen molar-refractivity contribution in [3.63, 3.8) is 0 Å². The molecule has 1 aromatic heterocycles. The Morgan fingerprint density at radius 3 is 2.33 bits per heavy atom. The summed E-state index contributed by atoms with van der Waals surface area (Å²) in [6, 6.07) is 4.69. The van der Waals surface area contributed by atoms with Crippen molar-refractivity contribution < 1.29 is 28.2 Å². The van der Waals surface area contributed by atoms with Crippen molar-refractivity contribution >= 4 is 11.9 Å². The number of aromatic nitrogens is 2. The Labute approximate surface area is 203 Å². The lowest BCUT2D eigenvalue weighted by Gasteiger charge is -2.19. The average Bonchev–Trinajstić information content (AvgIpc) is 3.32. The molecule has 0 fully saturated rings. The molecule has 1 aliphatic heterocycles. The number of rotatable bonds is 6. The van der Waals surface area contributed by atoms with Gasteiger partial charge in [-0.15, -0.1) is 0 Å². The molecular weight excluding hydrogens is 476 g/mol. The first-order valence-electron chi connectivity index (χ1n) is 11.0. The van der Waals surface area contributed by atoms with Crippen LogP contribution < -0.4 is 16.6 Å². The summed E-state index contributed by atoms with van der Waals surface area (Å²) in [5.41, 5.74) is 1.41. The summed E-state index contributed by atoms with van der Waals surface area (Å²) in [5, 5.41) is 11.9. The Kier molecular flexibility index (Phi) is 6.59. The molecule has 1 atom stereocenters. The number of fused-ring (bicyclic) bond motifs is 1. The molecule has 188 valence electrons. The van der Waals surface area contributed by atoms with Gasteiger partial charge in [-0.05, 0) is 41.3 Å². The maximum atomic E-state index is 14.0. The Balaban J connectivity index is 1.72. The number of nitrogens with zero attached hydrogens (tertiary/aromatic N) is 2. The first kappa shape index (κ1) is 25.0. The molecule has 0 bridgehead atoms. The summed E-state index contributed by atoms with van der Waals surface area (Å²) >= 11 is 0. The monoisotopic (exact) mass is 499 g/mol. The van der Waals surface area contributed by atoms with Crippen molar-refractivity contribution in [3.05, 3.63) is 90.8 Å². The third kappa shape index (κ3) is 4.22. The largest absolute Gasteiger partial charge is 0.480 e. The van der Waals surface area contributed by atoms with E-state index >= 15 is 0 Å². The Hall–Kier alpha value is -4.12. The van der Waals surface area contributed by atoms with Crippen molar-refractivity contribution in [2.75, 3.05) is 0 Å². The zero-order valence-corrected chi connectivity index (χ0v) is 19.7. The number of benzene rings is 2. The topological polar surface area (TPSA) is 120 Å². The molecule has 36 heavy (non-hydrogen) atoms. The van der Waals surface area contributed by atoms with E-state index in [1.165, 1.54) is 11.6 Å². The molecule has 0 saturated carbocycles. The fourth-order valence-electron chi connectivity index (χ4n) is 4.39. The molecular formula is C25H23F2N3O6. The Morgan fingerprint density at radius 1 is 1.06 bits per heavy atom. The van der Waals surface area contributed by atoms with Crippen molar-refractivity contribution in [3.8, 4) is 11.1 Å². The molecule has 2 aromatic carbocycles. The van der Waals surface area contributed by atoms with Gasteiger partial charge in [0, 0.05) is 26.2 Å². The number of ether oxygens (including phenoxy) is 1. The number of halogens is 2. The van der Waals surface area contributed by atoms with E-state index in [-0.39, 0.29) is 19.6 Å². The van der Waals surface area contributed by atoms with E-state index in [0.29, 0.717) is 33.5 Å². The number of hydrogen-bond donors (Lipinski definition) is 2. The molecule has 3 aromatic rings. The average molecular weight is 499 g/mol. The number of amides is 1. The van der Waals surface area contributed by atoms with Gasteiger partial charge >= 0.3 is 11.7 Å². The number of carboxylic acids is 1. The lowest BCUT2D eigenvalue weighted by Crippen LogP contribution is -2.43. The van der Waals surface area contributed by atoms with Gasteiger partial charge in [-0.3, -0.25) is 14.2 Å². The van der Waals surface area contributed by atoms with Crippen LogP contribution in [-0.2, 0) is 43.3 Å². The SMILES string of the molecule is Cc1c(-c2ccc(C[C@H](NC(=O)c3c(F)cccc3F)C(=O)O)c3c2COC3)c(=O)n(C)c(=O)n1C. The van der Waals surface area contributed by atoms with E-state index in [2.05, 4.69) is 5.32 Å². The molecule has 11 heteroatoms. The van der Waals surface area contributed by atoms with Crippen LogP contribution >= 0.6 is 0 Å². The van der Waals surface area contributed by atoms with Crippen LogP contribution in [0.3, 0.4) is 0 Å². The van der Waals surface area contributed by atoms with Crippen LogP contribution in [0.1, 0.15) is 32.7 Å². The summed E-state index contributed by atoms with van der Waals surface area (Å²) < 4.78 is 36.0. The van der Waals surface area contributed by atoms with Crippen LogP contribution in [-0.4, -0.2) is 32.2 Å². The van der Waals surface area contributed by atoms with E-state index in [1.807, 2.05) is 0 Å². The second-order valence-corrected chi connectivity index (χ2v) is 8.55. The molecule has 1 amide bonds. The van der Waals surface area contributed by atoms with Gasteiger partial charge in [-0.25, -0.2) is 18.4 Å². The van der Waals surface area contributed by atoms with Crippen molar-refractivity contribution in [2.24, 2.45) is 14.1 Å². The molecule has 9 nitrogen and oxygen atoms in total. The Bertz CT molecular complexity index is 1510. The highest BCUT2D eigenvalue weighted by molar-refractivity contribution is 5.97. The van der Waals surface area contributed by atoms with Crippen LogP contribution in [0.2, 0.25) is 0 Å². The highest BCUT2D eigenvalue weighted by Crippen LogP contribution is 2.34. The normalized spacial score (nSPS) is 13.4. The van der Waals surface area contributed by atoms with Crippen molar-refractivity contribution in [2.45, 2.75) is 32.6 Å². The molecule has 2 N–H and O–H groups in total. The first-order valence-corrected chi connectivity index (χ1v) is 11.0. The van der Waals surface area contributed by atoms with Gasteiger partial charge in [0.25, 0.3) is 11.5 Å². The van der Waals surface area contributed by atoms with Crippen LogP contribution in [0.4, 0.5) is 8.78 Å². The number of carbonyl (C=O) groups excluding carboxylic acids is 1. The number of carboxylic acid groups (broad SMARTS) is 1. The minimum atomic E-state index is -1.49. The predicted octanol–water partition coefficient (Wildman–Crippen LogP) is 1.79. The fourth-order valence-corrected chi connectivity index (χ4v) is 4.39. The summed E-state index contributed by atoms with van der Waals surface area (Å²) in [6.45, 7) is 1.96. The van der Waals surface area contributed by atoms with Crippen molar-refractivity contribution in [1.82, 2.24) is 14.5 Å². The smallest absolute Gasteiger partial charge is 0.330 e. The van der Waals surface area contributed by atoms with Crippen LogP contribution in [0.5, 0.6) is 0 Å². The number of carbonyl (C=O) groups is 2. The number of nitrogens with one attached hydrogen (secondary N) is 1. The number of aliphatic carboxylic acids is 1. The molecule has 0 spiro atoms. The van der Waals surface area contributed by atoms with Crippen molar-refractivity contribution in [1.29, 1.82) is 0 Å². The molecule has 0 aliphatic carbocycles. The summed E-state index contributed by atoms with van der Waals surface area (Å²) in [7, 11) is 2.95. The van der Waals surface area contributed by atoms with E-state index in [4.69, 9.17) is 4.74 Å². The minimum absolute atomic E-state index is 0.145. The summed E-state index contributed by atoms with van der Waals surface area (Å²) in [5.74, 6) is -4.79. The molecule has 2 heterocycles. The maximum absolute atomic E-state index is 14.0. The van der Waals surface area contributed by atoms with Gasteiger partial charge in [0.15, 0.2) is 0 Å².